The van der Waals surface area contributed by atoms with E-state index in [9.17, 15) is 4.79 Å². The quantitative estimate of drug-likeness (QED) is 0.413. The predicted molar refractivity (Wildman–Crippen MR) is 79.9 cm³/mol. The molecule has 1 aliphatic heterocycles. The lowest BCUT2D eigenvalue weighted by Gasteiger charge is -2.38. The van der Waals surface area contributed by atoms with Gasteiger partial charge in [0.05, 0.1) is 6.04 Å². The first-order chi connectivity index (χ1) is 8.54. The SMILES string of the molecule is CC1=C[C@@H](C(N)=O)NC[C@@H]1NO[Si](C)(C)C(C)(C)C. The van der Waals surface area contributed by atoms with Crippen LogP contribution in [0.3, 0.4) is 0 Å². The molecule has 0 fully saturated rings. The van der Waals surface area contributed by atoms with Gasteiger partial charge in [-0.2, -0.15) is 0 Å². The average Bonchev–Trinajstić information content (AvgIpc) is 2.25. The number of amides is 1. The van der Waals surface area contributed by atoms with Crippen molar-refractivity contribution >= 4 is 14.2 Å². The monoisotopic (exact) mass is 285 g/mol. The Bertz CT molecular complexity index is 375. The van der Waals surface area contributed by atoms with Gasteiger partial charge in [0.25, 0.3) is 0 Å². The Morgan fingerprint density at radius 2 is 2.11 bits per heavy atom. The van der Waals surface area contributed by atoms with Crippen LogP contribution in [0.15, 0.2) is 11.6 Å². The number of carbonyl (C=O) groups excluding carboxylic acids is 1. The average molecular weight is 285 g/mol. The van der Waals surface area contributed by atoms with E-state index in [-0.39, 0.29) is 23.0 Å². The van der Waals surface area contributed by atoms with Gasteiger partial charge in [-0.1, -0.05) is 32.4 Å². The van der Waals surface area contributed by atoms with Gasteiger partial charge < -0.3 is 15.6 Å². The zero-order valence-electron chi connectivity index (χ0n) is 12.8. The van der Waals surface area contributed by atoms with Crippen LogP contribution in [0.1, 0.15) is 27.7 Å². The number of nitrogens with two attached hydrogens (primary N) is 1. The smallest absolute Gasteiger partial charge is 0.238 e. The van der Waals surface area contributed by atoms with E-state index in [0.29, 0.717) is 6.54 Å². The van der Waals surface area contributed by atoms with Gasteiger partial charge in [-0.15, -0.1) is 0 Å². The van der Waals surface area contributed by atoms with Crippen molar-refractivity contribution in [3.05, 3.63) is 11.6 Å². The van der Waals surface area contributed by atoms with Gasteiger partial charge in [-0.05, 0) is 25.1 Å². The molecule has 2 atom stereocenters. The molecule has 0 saturated heterocycles. The van der Waals surface area contributed by atoms with E-state index in [1.807, 2.05) is 13.0 Å². The summed E-state index contributed by atoms with van der Waals surface area (Å²) < 4.78 is 5.99. The molecule has 0 aromatic heterocycles. The highest BCUT2D eigenvalue weighted by molar-refractivity contribution is 6.74. The second-order valence-corrected chi connectivity index (χ2v) is 11.5. The molecule has 0 aliphatic carbocycles. The Balaban J connectivity index is 2.61. The van der Waals surface area contributed by atoms with Crippen molar-refractivity contribution in [1.82, 2.24) is 10.8 Å². The highest BCUT2D eigenvalue weighted by Gasteiger charge is 2.38. The van der Waals surface area contributed by atoms with Gasteiger partial charge in [0, 0.05) is 6.54 Å². The second-order valence-electron chi connectivity index (χ2n) is 6.73. The third-order valence-electron chi connectivity index (χ3n) is 4.09. The zero-order valence-corrected chi connectivity index (χ0v) is 13.8. The summed E-state index contributed by atoms with van der Waals surface area (Å²) in [5.41, 5.74) is 9.53. The van der Waals surface area contributed by atoms with Crippen molar-refractivity contribution in [3.8, 4) is 0 Å². The third-order valence-corrected chi connectivity index (χ3v) is 8.33. The molecule has 19 heavy (non-hydrogen) atoms. The number of hydroxylamine groups is 1. The maximum Gasteiger partial charge on any atom is 0.238 e. The van der Waals surface area contributed by atoms with E-state index < -0.39 is 8.32 Å². The van der Waals surface area contributed by atoms with E-state index in [4.69, 9.17) is 10.3 Å². The summed E-state index contributed by atoms with van der Waals surface area (Å²) in [4.78, 5) is 11.1. The molecule has 1 amide bonds. The Hall–Kier alpha value is -0.693. The number of carbonyl (C=O) groups is 1. The molecule has 1 aliphatic rings. The highest BCUT2D eigenvalue weighted by atomic mass is 28.4. The summed E-state index contributed by atoms with van der Waals surface area (Å²) in [7, 11) is -1.82. The zero-order chi connectivity index (χ0) is 14.8. The van der Waals surface area contributed by atoms with Crippen molar-refractivity contribution in [3.63, 3.8) is 0 Å². The van der Waals surface area contributed by atoms with Crippen LogP contribution in [0.5, 0.6) is 0 Å². The van der Waals surface area contributed by atoms with E-state index >= 15 is 0 Å². The molecule has 1 heterocycles. The van der Waals surface area contributed by atoms with Crippen LogP contribution < -0.4 is 16.5 Å². The first-order valence-electron chi connectivity index (χ1n) is 6.69. The standard InChI is InChI=1S/C13H27N3O2Si/c1-9-7-10(12(14)17)15-8-11(9)16-18-19(5,6)13(2,3)4/h7,10-11,15-16H,8H2,1-6H3,(H2,14,17)/t10-,11-/m0/s1. The van der Waals surface area contributed by atoms with E-state index in [1.165, 1.54) is 0 Å². The van der Waals surface area contributed by atoms with Crippen LogP contribution in [0.2, 0.25) is 18.1 Å². The topological polar surface area (TPSA) is 76.4 Å². The molecule has 0 aromatic carbocycles. The number of rotatable bonds is 4. The van der Waals surface area contributed by atoms with Crippen LogP contribution in [-0.4, -0.2) is 32.9 Å². The summed E-state index contributed by atoms with van der Waals surface area (Å²) in [6, 6.07) is -0.282. The number of nitrogens with one attached hydrogen (secondary N) is 2. The number of hydrogen-bond donors (Lipinski definition) is 3. The second kappa shape index (κ2) is 5.74. The molecule has 6 heteroatoms. The van der Waals surface area contributed by atoms with Crippen LogP contribution >= 0.6 is 0 Å². The molecule has 0 radical (unpaired) electrons. The lowest BCUT2D eigenvalue weighted by Crippen LogP contribution is -2.54. The van der Waals surface area contributed by atoms with Gasteiger partial charge in [-0.3, -0.25) is 4.79 Å². The lowest BCUT2D eigenvalue weighted by molar-refractivity contribution is -0.119. The van der Waals surface area contributed by atoms with E-state index in [1.54, 1.807) is 0 Å². The molecule has 0 spiro atoms. The normalized spacial score (nSPS) is 25.1. The van der Waals surface area contributed by atoms with Crippen LogP contribution in [0, 0.1) is 0 Å². The van der Waals surface area contributed by atoms with Crippen LogP contribution in [-0.2, 0) is 9.32 Å². The molecule has 0 bridgehead atoms. The largest absolute Gasteiger partial charge is 0.368 e. The summed E-state index contributed by atoms with van der Waals surface area (Å²) in [6.45, 7) is 13.6. The summed E-state index contributed by atoms with van der Waals surface area (Å²) in [6.07, 6.45) is 1.86. The molecular weight excluding hydrogens is 258 g/mol. The minimum Gasteiger partial charge on any atom is -0.368 e. The Kier molecular flexibility index (Phi) is 4.95. The van der Waals surface area contributed by atoms with Gasteiger partial charge in [-0.25, -0.2) is 5.48 Å². The maximum atomic E-state index is 11.1. The molecule has 0 unspecified atom stereocenters. The minimum absolute atomic E-state index is 0.0877. The Morgan fingerprint density at radius 3 is 2.53 bits per heavy atom. The van der Waals surface area contributed by atoms with Crippen molar-refractivity contribution in [2.45, 2.75) is 57.9 Å². The molecule has 0 aromatic rings. The van der Waals surface area contributed by atoms with Gasteiger partial charge in [0.15, 0.2) is 0 Å². The number of hydrogen-bond acceptors (Lipinski definition) is 4. The first kappa shape index (κ1) is 16.4. The molecular formula is C13H27N3O2Si. The highest BCUT2D eigenvalue weighted by Crippen LogP contribution is 2.36. The molecule has 1 rings (SSSR count). The fraction of sp³-hybridized carbons (Fsp3) is 0.769. The van der Waals surface area contributed by atoms with Gasteiger partial charge in [0.2, 0.25) is 14.2 Å². The fourth-order valence-electron chi connectivity index (χ4n) is 1.53. The minimum atomic E-state index is -1.82. The first-order valence-corrected chi connectivity index (χ1v) is 9.60. The van der Waals surface area contributed by atoms with Crippen LogP contribution in [0.4, 0.5) is 0 Å². The lowest BCUT2D eigenvalue weighted by atomic mass is 10.0. The number of primary amides is 1. The van der Waals surface area contributed by atoms with E-state index in [0.717, 1.165) is 5.57 Å². The van der Waals surface area contributed by atoms with E-state index in [2.05, 4.69) is 44.7 Å². The van der Waals surface area contributed by atoms with Gasteiger partial charge in [0.1, 0.15) is 6.04 Å². The van der Waals surface area contributed by atoms with Crippen molar-refractivity contribution in [2.24, 2.45) is 5.73 Å². The molecule has 4 N–H and O–H groups in total. The Morgan fingerprint density at radius 1 is 1.53 bits per heavy atom. The molecule has 110 valence electrons. The van der Waals surface area contributed by atoms with Crippen molar-refractivity contribution < 1.29 is 9.32 Å². The van der Waals surface area contributed by atoms with Crippen molar-refractivity contribution in [2.75, 3.05) is 6.54 Å². The van der Waals surface area contributed by atoms with Crippen molar-refractivity contribution in [1.29, 1.82) is 0 Å². The fourth-order valence-corrected chi connectivity index (χ4v) is 2.28. The molecule has 5 nitrogen and oxygen atoms in total. The third kappa shape index (κ3) is 4.14. The molecule has 0 saturated carbocycles. The Labute approximate surface area is 117 Å². The predicted octanol–water partition coefficient (Wildman–Crippen LogP) is 1.28. The van der Waals surface area contributed by atoms with Gasteiger partial charge >= 0.3 is 0 Å². The summed E-state index contributed by atoms with van der Waals surface area (Å²) in [5.74, 6) is -0.344. The summed E-state index contributed by atoms with van der Waals surface area (Å²) in [5, 5.41) is 3.26. The van der Waals surface area contributed by atoms with Crippen LogP contribution in [0.25, 0.3) is 0 Å². The summed E-state index contributed by atoms with van der Waals surface area (Å²) >= 11 is 0. The maximum absolute atomic E-state index is 11.1.